The maximum absolute atomic E-state index is 11.6. The molecule has 0 saturated heterocycles. The first kappa shape index (κ1) is 15.9. The van der Waals surface area contributed by atoms with Crippen molar-refractivity contribution in [2.24, 2.45) is 0 Å². The number of hydrogen-bond acceptors (Lipinski definition) is 3. The minimum atomic E-state index is -0.129. The highest BCUT2D eigenvalue weighted by atomic mass is 16.1. The number of benzene rings is 2. The van der Waals surface area contributed by atoms with Gasteiger partial charge >= 0.3 is 0 Å². The van der Waals surface area contributed by atoms with Crippen LogP contribution in [0.5, 0.6) is 0 Å². The Morgan fingerprint density at radius 3 is 2.55 bits per heavy atom. The van der Waals surface area contributed by atoms with Gasteiger partial charge in [-0.1, -0.05) is 30.3 Å². The van der Waals surface area contributed by atoms with E-state index in [2.05, 4.69) is 41.8 Å². The molecule has 0 bridgehead atoms. The average molecular weight is 297 g/mol. The molecule has 4 nitrogen and oxygen atoms in total. The minimum absolute atomic E-state index is 0.129. The summed E-state index contributed by atoms with van der Waals surface area (Å²) in [5.41, 5.74) is 9.39. The lowest BCUT2D eigenvalue weighted by Crippen LogP contribution is -2.19. The zero-order valence-electron chi connectivity index (χ0n) is 13.1. The molecule has 4 heteroatoms. The van der Waals surface area contributed by atoms with Gasteiger partial charge < -0.3 is 16.4 Å². The molecule has 116 valence electrons. The van der Waals surface area contributed by atoms with Gasteiger partial charge in [-0.2, -0.15) is 0 Å². The summed E-state index contributed by atoms with van der Waals surface area (Å²) in [6.07, 6.45) is 2.03. The fourth-order valence-electron chi connectivity index (χ4n) is 2.35. The summed E-state index contributed by atoms with van der Waals surface area (Å²) in [5.74, 6) is -0.129. The van der Waals surface area contributed by atoms with E-state index in [1.807, 2.05) is 12.1 Å². The van der Waals surface area contributed by atoms with Crippen LogP contribution in [0.4, 0.5) is 11.4 Å². The number of anilines is 2. The molecule has 22 heavy (non-hydrogen) atoms. The van der Waals surface area contributed by atoms with E-state index in [-0.39, 0.29) is 5.91 Å². The Labute approximate surface area is 131 Å². The van der Waals surface area contributed by atoms with Crippen LogP contribution in [0.1, 0.15) is 29.3 Å². The quantitative estimate of drug-likeness (QED) is 0.718. The second-order valence-electron chi connectivity index (χ2n) is 5.45. The lowest BCUT2D eigenvalue weighted by molar-refractivity contribution is 0.0963. The summed E-state index contributed by atoms with van der Waals surface area (Å²) < 4.78 is 0. The first-order chi connectivity index (χ1) is 10.6. The lowest BCUT2D eigenvalue weighted by Gasteiger charge is -2.17. The zero-order chi connectivity index (χ0) is 15.9. The predicted octanol–water partition coefficient (Wildman–Crippen LogP) is 3.06. The minimum Gasteiger partial charge on any atom is -0.397 e. The molecule has 1 atom stereocenters. The molecule has 0 aromatic heterocycles. The van der Waals surface area contributed by atoms with Gasteiger partial charge in [0.25, 0.3) is 5.91 Å². The highest BCUT2D eigenvalue weighted by molar-refractivity contribution is 5.95. The molecule has 0 aliphatic heterocycles. The highest BCUT2D eigenvalue weighted by Gasteiger charge is 2.09. The van der Waals surface area contributed by atoms with Crippen LogP contribution in [0, 0.1) is 0 Å². The van der Waals surface area contributed by atoms with Crippen LogP contribution in [-0.4, -0.2) is 19.0 Å². The number of carbonyl (C=O) groups excluding carboxylic acids is 1. The van der Waals surface area contributed by atoms with E-state index in [1.165, 1.54) is 5.56 Å². The van der Waals surface area contributed by atoms with Crippen molar-refractivity contribution in [1.82, 2.24) is 5.32 Å². The first-order valence-corrected chi connectivity index (χ1v) is 7.52. The molecular weight excluding hydrogens is 274 g/mol. The molecule has 0 heterocycles. The number of nitrogens with two attached hydrogens (primary N) is 1. The first-order valence-electron chi connectivity index (χ1n) is 7.52. The monoisotopic (exact) mass is 297 g/mol. The molecular formula is C18H23N3O. The number of aryl methyl sites for hydroxylation is 1. The lowest BCUT2D eigenvalue weighted by atomic mass is 10.1. The maximum Gasteiger partial charge on any atom is 0.251 e. The number of carbonyl (C=O) groups is 1. The van der Waals surface area contributed by atoms with Crippen molar-refractivity contribution in [3.05, 3.63) is 59.7 Å². The van der Waals surface area contributed by atoms with Crippen LogP contribution in [0.15, 0.2) is 48.5 Å². The summed E-state index contributed by atoms with van der Waals surface area (Å²) in [5, 5.41) is 6.00. The smallest absolute Gasteiger partial charge is 0.251 e. The Morgan fingerprint density at radius 2 is 1.91 bits per heavy atom. The third-order valence-electron chi connectivity index (χ3n) is 3.65. The molecule has 0 aliphatic rings. The van der Waals surface area contributed by atoms with E-state index < -0.39 is 0 Å². The van der Waals surface area contributed by atoms with Crippen LogP contribution in [0.2, 0.25) is 0 Å². The summed E-state index contributed by atoms with van der Waals surface area (Å²) in [6, 6.07) is 16.1. The number of amides is 1. The van der Waals surface area contributed by atoms with Crippen molar-refractivity contribution in [1.29, 1.82) is 0 Å². The van der Waals surface area contributed by atoms with Gasteiger partial charge in [0.2, 0.25) is 0 Å². The van der Waals surface area contributed by atoms with Crippen LogP contribution in [-0.2, 0) is 6.42 Å². The van der Waals surface area contributed by atoms with Crippen molar-refractivity contribution >= 4 is 17.3 Å². The summed E-state index contributed by atoms with van der Waals surface area (Å²) in [6.45, 7) is 2.13. The van der Waals surface area contributed by atoms with Crippen LogP contribution < -0.4 is 16.4 Å². The van der Waals surface area contributed by atoms with Crippen LogP contribution in [0.25, 0.3) is 0 Å². The molecule has 4 N–H and O–H groups in total. The van der Waals surface area contributed by atoms with Gasteiger partial charge in [-0.15, -0.1) is 0 Å². The fraction of sp³-hybridized carbons (Fsp3) is 0.278. The van der Waals surface area contributed by atoms with E-state index in [0.717, 1.165) is 18.5 Å². The van der Waals surface area contributed by atoms with E-state index in [4.69, 9.17) is 5.73 Å². The molecule has 0 radical (unpaired) electrons. The number of nitrogens with one attached hydrogen (secondary N) is 2. The summed E-state index contributed by atoms with van der Waals surface area (Å²) in [4.78, 5) is 11.6. The third-order valence-corrected chi connectivity index (χ3v) is 3.65. The Bertz CT molecular complexity index is 625. The molecule has 0 saturated carbocycles. The van der Waals surface area contributed by atoms with Crippen LogP contribution >= 0.6 is 0 Å². The standard InChI is InChI=1S/C18H23N3O/c1-13(8-9-14-6-4-3-5-7-14)21-17-11-10-15(12-16(17)19)18(22)20-2/h3-7,10-13,21H,8-9,19H2,1-2H3,(H,20,22). The van der Waals surface area contributed by atoms with Crippen molar-refractivity contribution in [2.75, 3.05) is 18.1 Å². The molecule has 2 rings (SSSR count). The maximum atomic E-state index is 11.6. The largest absolute Gasteiger partial charge is 0.397 e. The van der Waals surface area contributed by atoms with Gasteiger partial charge in [-0.3, -0.25) is 4.79 Å². The highest BCUT2D eigenvalue weighted by Crippen LogP contribution is 2.21. The van der Waals surface area contributed by atoms with Crippen molar-refractivity contribution < 1.29 is 4.79 Å². The molecule has 0 spiro atoms. The average Bonchev–Trinajstić information content (AvgIpc) is 2.55. The Balaban J connectivity index is 1.94. The number of hydrogen-bond donors (Lipinski definition) is 3. The van der Waals surface area contributed by atoms with Crippen molar-refractivity contribution in [2.45, 2.75) is 25.8 Å². The van der Waals surface area contributed by atoms with E-state index >= 15 is 0 Å². The Kier molecular flexibility index (Phi) is 5.42. The van der Waals surface area contributed by atoms with Gasteiger partial charge in [0.15, 0.2) is 0 Å². The zero-order valence-corrected chi connectivity index (χ0v) is 13.1. The number of nitrogen functional groups attached to an aromatic ring is 1. The third kappa shape index (κ3) is 4.25. The number of rotatable bonds is 6. The van der Waals surface area contributed by atoms with Gasteiger partial charge in [0.05, 0.1) is 11.4 Å². The molecule has 0 aliphatic carbocycles. The SMILES string of the molecule is CNC(=O)c1ccc(NC(C)CCc2ccccc2)c(N)c1. The normalized spacial score (nSPS) is 11.7. The van der Waals surface area contributed by atoms with Crippen molar-refractivity contribution in [3.63, 3.8) is 0 Å². The molecule has 1 unspecified atom stereocenters. The summed E-state index contributed by atoms with van der Waals surface area (Å²) >= 11 is 0. The van der Waals surface area contributed by atoms with Gasteiger partial charge in [0, 0.05) is 18.7 Å². The van der Waals surface area contributed by atoms with E-state index in [1.54, 1.807) is 19.2 Å². The van der Waals surface area contributed by atoms with Crippen molar-refractivity contribution in [3.8, 4) is 0 Å². The van der Waals surface area contributed by atoms with Gasteiger partial charge in [0.1, 0.15) is 0 Å². The van der Waals surface area contributed by atoms with E-state index in [0.29, 0.717) is 17.3 Å². The second kappa shape index (κ2) is 7.50. The molecule has 2 aromatic rings. The summed E-state index contributed by atoms with van der Waals surface area (Å²) in [7, 11) is 1.61. The predicted molar refractivity (Wildman–Crippen MR) is 92.1 cm³/mol. The Hall–Kier alpha value is -2.49. The molecule has 0 fully saturated rings. The molecule has 1 amide bonds. The van der Waals surface area contributed by atoms with Crippen LogP contribution in [0.3, 0.4) is 0 Å². The Morgan fingerprint density at radius 1 is 1.18 bits per heavy atom. The van der Waals surface area contributed by atoms with Gasteiger partial charge in [-0.25, -0.2) is 0 Å². The van der Waals surface area contributed by atoms with E-state index in [9.17, 15) is 4.79 Å². The van der Waals surface area contributed by atoms with Gasteiger partial charge in [-0.05, 0) is 43.5 Å². The second-order valence-corrected chi connectivity index (χ2v) is 5.45. The molecule has 2 aromatic carbocycles. The fourth-order valence-corrected chi connectivity index (χ4v) is 2.35. The topological polar surface area (TPSA) is 67.2 Å².